The van der Waals surface area contributed by atoms with Gasteiger partial charge in [-0.15, -0.1) is 11.8 Å². The fourth-order valence-electron chi connectivity index (χ4n) is 2.84. The average molecular weight is 422 g/mol. The van der Waals surface area contributed by atoms with Crippen molar-refractivity contribution in [1.82, 2.24) is 4.98 Å². The Bertz CT molecular complexity index is 1130. The molecule has 1 atom stereocenters. The highest BCUT2D eigenvalue weighted by Gasteiger charge is 2.23. The summed E-state index contributed by atoms with van der Waals surface area (Å²) in [6.45, 7) is 0. The molecule has 1 amide bonds. The molecule has 29 heavy (non-hydrogen) atoms. The number of ether oxygens (including phenoxy) is 1. The average Bonchev–Trinajstić information content (AvgIpc) is 3.15. The van der Waals surface area contributed by atoms with Gasteiger partial charge in [0.2, 0.25) is 5.91 Å². The van der Waals surface area contributed by atoms with Crippen LogP contribution in [-0.4, -0.2) is 18.0 Å². The Morgan fingerprint density at radius 1 is 1.10 bits per heavy atom. The number of hydrogen-bond acceptors (Lipinski definition) is 6. The number of fused-ring (bicyclic) bond motifs is 1. The fourth-order valence-corrected chi connectivity index (χ4v) is 4.76. The van der Waals surface area contributed by atoms with Gasteiger partial charge in [0.15, 0.2) is 5.13 Å². The number of carbonyl (C=O) groups excluding carboxylic acids is 1. The van der Waals surface area contributed by atoms with Gasteiger partial charge in [0.1, 0.15) is 11.0 Å². The highest BCUT2D eigenvalue weighted by atomic mass is 32.2. The number of anilines is 2. The lowest BCUT2D eigenvalue weighted by molar-refractivity contribution is -0.115. The summed E-state index contributed by atoms with van der Waals surface area (Å²) in [7, 11) is 1.63. The van der Waals surface area contributed by atoms with Gasteiger partial charge < -0.3 is 15.8 Å². The van der Waals surface area contributed by atoms with E-state index in [0.717, 1.165) is 26.4 Å². The molecule has 0 aliphatic rings. The second-order valence-corrected chi connectivity index (χ2v) is 8.53. The number of nitrogen functional groups attached to an aromatic ring is 1. The van der Waals surface area contributed by atoms with Gasteiger partial charge in [0.25, 0.3) is 0 Å². The molecular weight excluding hydrogens is 402 g/mol. The zero-order valence-electron chi connectivity index (χ0n) is 15.7. The molecular formula is C22H19N3O2S2. The van der Waals surface area contributed by atoms with Crippen molar-refractivity contribution < 1.29 is 9.53 Å². The minimum Gasteiger partial charge on any atom is -0.497 e. The van der Waals surface area contributed by atoms with Crippen LogP contribution in [0.3, 0.4) is 0 Å². The van der Waals surface area contributed by atoms with Crippen LogP contribution in [0.2, 0.25) is 0 Å². The number of methoxy groups -OCH3 is 1. The van der Waals surface area contributed by atoms with Crippen LogP contribution in [0.15, 0.2) is 77.7 Å². The molecule has 1 aromatic heterocycles. The maximum absolute atomic E-state index is 13.2. The SMILES string of the molecule is COc1ccc2nc(NC(=O)C(Sc3ccc(N)cc3)c3ccccc3)sc2c1. The lowest BCUT2D eigenvalue weighted by Gasteiger charge is -2.16. The second kappa shape index (κ2) is 8.55. The Morgan fingerprint density at radius 3 is 2.59 bits per heavy atom. The summed E-state index contributed by atoms with van der Waals surface area (Å²) in [5.41, 5.74) is 8.23. The van der Waals surface area contributed by atoms with Gasteiger partial charge in [0.05, 0.1) is 17.3 Å². The van der Waals surface area contributed by atoms with Gasteiger partial charge in [-0.2, -0.15) is 0 Å². The number of nitrogens with zero attached hydrogens (tertiary/aromatic N) is 1. The Labute approximate surface area is 176 Å². The summed E-state index contributed by atoms with van der Waals surface area (Å²) >= 11 is 2.91. The number of rotatable bonds is 6. The third kappa shape index (κ3) is 4.52. The van der Waals surface area contributed by atoms with Crippen LogP contribution in [0.1, 0.15) is 10.8 Å². The van der Waals surface area contributed by atoms with Crippen molar-refractivity contribution in [3.63, 3.8) is 0 Å². The van der Waals surface area contributed by atoms with Crippen LogP contribution in [0.25, 0.3) is 10.2 Å². The van der Waals surface area contributed by atoms with E-state index >= 15 is 0 Å². The van der Waals surface area contributed by atoms with E-state index in [4.69, 9.17) is 10.5 Å². The quantitative estimate of drug-likeness (QED) is 0.324. The molecule has 0 saturated heterocycles. The van der Waals surface area contributed by atoms with Crippen LogP contribution in [0.5, 0.6) is 5.75 Å². The van der Waals surface area contributed by atoms with E-state index in [-0.39, 0.29) is 5.91 Å². The van der Waals surface area contributed by atoms with Gasteiger partial charge in [0, 0.05) is 10.6 Å². The number of nitrogens with one attached hydrogen (secondary N) is 1. The molecule has 7 heteroatoms. The van der Waals surface area contributed by atoms with Crippen molar-refractivity contribution in [3.05, 3.63) is 78.4 Å². The summed E-state index contributed by atoms with van der Waals surface area (Å²) in [5.74, 6) is 0.643. The molecule has 4 rings (SSSR count). The lowest BCUT2D eigenvalue weighted by Crippen LogP contribution is -2.18. The van der Waals surface area contributed by atoms with E-state index in [1.807, 2.05) is 72.8 Å². The van der Waals surface area contributed by atoms with Crippen molar-refractivity contribution >= 4 is 50.0 Å². The number of hydrogen-bond donors (Lipinski definition) is 2. The number of benzene rings is 3. The molecule has 1 heterocycles. The molecule has 0 aliphatic carbocycles. The van der Waals surface area contributed by atoms with E-state index < -0.39 is 5.25 Å². The number of thioether (sulfide) groups is 1. The molecule has 0 fully saturated rings. The van der Waals surface area contributed by atoms with Crippen LogP contribution < -0.4 is 15.8 Å². The van der Waals surface area contributed by atoms with Crippen molar-refractivity contribution in [2.75, 3.05) is 18.2 Å². The van der Waals surface area contributed by atoms with E-state index in [1.165, 1.54) is 23.1 Å². The van der Waals surface area contributed by atoms with Crippen LogP contribution in [-0.2, 0) is 4.79 Å². The maximum atomic E-state index is 13.2. The van der Waals surface area contributed by atoms with Gasteiger partial charge in [-0.25, -0.2) is 4.98 Å². The monoisotopic (exact) mass is 421 g/mol. The zero-order valence-corrected chi connectivity index (χ0v) is 17.3. The van der Waals surface area contributed by atoms with Gasteiger partial charge in [-0.3, -0.25) is 4.79 Å². The fraction of sp³-hybridized carbons (Fsp3) is 0.0909. The molecule has 0 radical (unpaired) electrons. The largest absolute Gasteiger partial charge is 0.497 e. The minimum atomic E-state index is -0.415. The van der Waals surface area contributed by atoms with E-state index in [0.29, 0.717) is 10.8 Å². The first kappa shape index (κ1) is 19.3. The molecule has 3 aromatic carbocycles. The summed E-state index contributed by atoms with van der Waals surface area (Å²) in [6.07, 6.45) is 0. The molecule has 0 spiro atoms. The number of amides is 1. The third-order valence-corrected chi connectivity index (χ3v) is 6.50. The molecule has 146 valence electrons. The predicted molar refractivity (Wildman–Crippen MR) is 121 cm³/mol. The van der Waals surface area contributed by atoms with Gasteiger partial charge >= 0.3 is 0 Å². The molecule has 0 saturated carbocycles. The van der Waals surface area contributed by atoms with Crippen molar-refractivity contribution in [1.29, 1.82) is 0 Å². The first-order valence-electron chi connectivity index (χ1n) is 8.95. The lowest BCUT2D eigenvalue weighted by atomic mass is 10.1. The highest BCUT2D eigenvalue weighted by Crippen LogP contribution is 2.37. The smallest absolute Gasteiger partial charge is 0.244 e. The van der Waals surface area contributed by atoms with E-state index in [9.17, 15) is 4.79 Å². The summed E-state index contributed by atoms with van der Waals surface area (Å²) < 4.78 is 6.22. The normalized spacial score (nSPS) is 11.9. The molecule has 1 unspecified atom stereocenters. The van der Waals surface area contributed by atoms with Crippen molar-refractivity contribution in [2.45, 2.75) is 10.1 Å². The zero-order chi connectivity index (χ0) is 20.2. The molecule has 0 bridgehead atoms. The number of aromatic nitrogens is 1. The Morgan fingerprint density at radius 2 is 1.86 bits per heavy atom. The van der Waals surface area contributed by atoms with Gasteiger partial charge in [-0.05, 0) is 48.0 Å². The Balaban J connectivity index is 1.60. The summed E-state index contributed by atoms with van der Waals surface area (Å²) in [5, 5.41) is 3.13. The molecule has 4 aromatic rings. The van der Waals surface area contributed by atoms with Crippen LogP contribution in [0.4, 0.5) is 10.8 Å². The van der Waals surface area contributed by atoms with Crippen molar-refractivity contribution in [3.8, 4) is 5.75 Å². The number of thiazole rings is 1. The minimum absolute atomic E-state index is 0.121. The first-order chi connectivity index (χ1) is 14.1. The van der Waals surface area contributed by atoms with E-state index in [1.54, 1.807) is 7.11 Å². The topological polar surface area (TPSA) is 77.2 Å². The third-order valence-electron chi connectivity index (χ3n) is 4.30. The molecule has 3 N–H and O–H groups in total. The Kier molecular flexibility index (Phi) is 5.69. The number of nitrogens with two attached hydrogens (primary N) is 1. The predicted octanol–water partition coefficient (Wildman–Crippen LogP) is 5.36. The van der Waals surface area contributed by atoms with E-state index in [2.05, 4.69) is 10.3 Å². The highest BCUT2D eigenvalue weighted by molar-refractivity contribution is 8.00. The summed E-state index contributed by atoms with van der Waals surface area (Å²) in [6, 6.07) is 22.9. The molecule has 0 aliphatic heterocycles. The first-order valence-corrected chi connectivity index (χ1v) is 10.6. The van der Waals surface area contributed by atoms with Crippen molar-refractivity contribution in [2.24, 2.45) is 0 Å². The summed E-state index contributed by atoms with van der Waals surface area (Å²) in [4.78, 5) is 18.7. The Hall–Kier alpha value is -3.03. The maximum Gasteiger partial charge on any atom is 0.244 e. The van der Waals surface area contributed by atoms with Crippen LogP contribution >= 0.6 is 23.1 Å². The number of carbonyl (C=O) groups is 1. The standard InChI is InChI=1S/C22H19N3O2S2/c1-27-16-9-12-18-19(13-16)29-22(24-18)25-21(26)20(14-5-3-2-4-6-14)28-17-10-7-15(23)8-11-17/h2-13,20H,23H2,1H3,(H,24,25,26). The van der Waals surface area contributed by atoms with Gasteiger partial charge in [-0.1, -0.05) is 41.7 Å². The van der Waals surface area contributed by atoms with Crippen LogP contribution in [0, 0.1) is 0 Å². The molecule has 5 nitrogen and oxygen atoms in total. The second-order valence-electron chi connectivity index (χ2n) is 6.32.